The Morgan fingerprint density at radius 2 is 2.16 bits per heavy atom. The lowest BCUT2D eigenvalue weighted by Gasteiger charge is -2.30. The fraction of sp³-hybridized carbons (Fsp3) is 0.500. The predicted molar refractivity (Wildman–Crippen MR) is 91.1 cm³/mol. The Hall–Kier alpha value is -2.41. The van der Waals surface area contributed by atoms with Crippen molar-refractivity contribution in [3.8, 4) is 5.75 Å². The van der Waals surface area contributed by atoms with Crippen molar-refractivity contribution in [1.29, 1.82) is 0 Å². The molecule has 0 aromatic heterocycles. The Morgan fingerprint density at radius 1 is 1.36 bits per heavy atom. The highest BCUT2D eigenvalue weighted by Gasteiger charge is 2.28. The van der Waals surface area contributed by atoms with E-state index in [9.17, 15) is 14.4 Å². The molecule has 1 saturated heterocycles. The zero-order chi connectivity index (χ0) is 18.0. The van der Waals surface area contributed by atoms with Crippen LogP contribution in [0.1, 0.15) is 30.1 Å². The molecule has 2 aliphatic heterocycles. The number of ether oxygens (including phenoxy) is 1. The molecule has 3 rings (SSSR count). The van der Waals surface area contributed by atoms with Crippen LogP contribution in [0.2, 0.25) is 0 Å². The maximum absolute atomic E-state index is 12.6. The van der Waals surface area contributed by atoms with Crippen LogP contribution in [0.5, 0.6) is 5.75 Å². The number of hydrogen-bond acceptors (Lipinski definition) is 5. The number of carboxylic acid groups (broad SMARTS) is 1. The number of Topliss-reactive ketones (excluding diaryl/α,β-unsaturated/α-hetero) is 1. The van der Waals surface area contributed by atoms with Crippen molar-refractivity contribution in [2.24, 2.45) is 5.92 Å². The number of aliphatic carboxylic acids is 1. The van der Waals surface area contributed by atoms with Gasteiger partial charge in [0.15, 0.2) is 12.4 Å². The van der Waals surface area contributed by atoms with E-state index in [0.29, 0.717) is 36.5 Å². The van der Waals surface area contributed by atoms with Gasteiger partial charge in [-0.15, -0.1) is 0 Å². The second-order valence-corrected chi connectivity index (χ2v) is 6.44. The second-order valence-electron chi connectivity index (χ2n) is 6.44. The molecule has 1 unspecified atom stereocenters. The molecule has 0 bridgehead atoms. The molecule has 1 aromatic carbocycles. The molecule has 134 valence electrons. The average Bonchev–Trinajstić information content (AvgIpc) is 2.61. The molecule has 0 radical (unpaired) electrons. The van der Waals surface area contributed by atoms with Crippen LogP contribution in [0.15, 0.2) is 18.2 Å². The first-order valence-electron chi connectivity index (χ1n) is 8.55. The molecular weight excluding hydrogens is 324 g/mol. The van der Waals surface area contributed by atoms with Crippen LogP contribution in [0, 0.1) is 5.92 Å². The summed E-state index contributed by atoms with van der Waals surface area (Å²) in [4.78, 5) is 39.2. The van der Waals surface area contributed by atoms with Crippen molar-refractivity contribution in [3.05, 3.63) is 23.8 Å². The van der Waals surface area contributed by atoms with E-state index in [-0.39, 0.29) is 24.8 Å². The van der Waals surface area contributed by atoms with Crippen molar-refractivity contribution in [3.63, 3.8) is 0 Å². The fourth-order valence-electron chi connectivity index (χ4n) is 3.42. The summed E-state index contributed by atoms with van der Waals surface area (Å²) in [5.74, 6) is -0.823. The third-order valence-corrected chi connectivity index (χ3v) is 4.76. The zero-order valence-corrected chi connectivity index (χ0v) is 14.2. The molecule has 0 aliphatic carbocycles. The van der Waals surface area contributed by atoms with E-state index in [2.05, 4.69) is 0 Å². The molecule has 1 atom stereocenters. The summed E-state index contributed by atoms with van der Waals surface area (Å²) >= 11 is 0. The quantitative estimate of drug-likeness (QED) is 0.811. The van der Waals surface area contributed by atoms with Gasteiger partial charge in [0.25, 0.3) is 5.91 Å². The van der Waals surface area contributed by atoms with Gasteiger partial charge < -0.3 is 14.7 Å². The molecular formula is C18H22N2O5. The minimum atomic E-state index is -0.805. The number of benzene rings is 1. The minimum Gasteiger partial charge on any atom is -0.482 e. The van der Waals surface area contributed by atoms with Gasteiger partial charge in [-0.25, -0.2) is 0 Å². The van der Waals surface area contributed by atoms with Gasteiger partial charge in [-0.1, -0.05) is 0 Å². The molecule has 0 spiro atoms. The molecule has 1 N–H and O–H groups in total. The molecule has 1 fully saturated rings. The summed E-state index contributed by atoms with van der Waals surface area (Å²) < 4.78 is 5.41. The van der Waals surface area contributed by atoms with Gasteiger partial charge in [0.2, 0.25) is 0 Å². The summed E-state index contributed by atoms with van der Waals surface area (Å²) in [5, 5.41) is 9.16. The standard InChI is InChI=1S/C18H22N2O5/c1-2-20-14-8-12(5-6-16(14)25-11-17(20)22)15(21)10-19-7-3-4-13(9-19)18(23)24/h5-6,8,13H,2-4,7,9-11H2,1H3,(H,23,24). The van der Waals surface area contributed by atoms with Gasteiger partial charge in [0.1, 0.15) is 5.75 Å². The van der Waals surface area contributed by atoms with Crippen molar-refractivity contribution in [1.82, 2.24) is 4.90 Å². The number of hydrogen-bond donors (Lipinski definition) is 1. The van der Waals surface area contributed by atoms with Crippen molar-refractivity contribution < 1.29 is 24.2 Å². The number of rotatable bonds is 5. The predicted octanol–water partition coefficient (Wildman–Crippen LogP) is 1.41. The van der Waals surface area contributed by atoms with Crippen molar-refractivity contribution >= 4 is 23.3 Å². The Morgan fingerprint density at radius 3 is 2.88 bits per heavy atom. The molecule has 25 heavy (non-hydrogen) atoms. The number of fused-ring (bicyclic) bond motifs is 1. The Kier molecular flexibility index (Phi) is 5.03. The molecule has 2 aliphatic rings. The number of ketones is 1. The van der Waals surface area contributed by atoms with Crippen LogP contribution in [-0.4, -0.2) is 60.5 Å². The van der Waals surface area contributed by atoms with Gasteiger partial charge in [-0.3, -0.25) is 19.3 Å². The Bertz CT molecular complexity index is 703. The van der Waals surface area contributed by atoms with Gasteiger partial charge in [-0.2, -0.15) is 0 Å². The lowest BCUT2D eigenvalue weighted by molar-refractivity contribution is -0.143. The topological polar surface area (TPSA) is 87.2 Å². The molecule has 7 heteroatoms. The number of anilines is 1. The van der Waals surface area contributed by atoms with Gasteiger partial charge in [-0.05, 0) is 44.5 Å². The molecule has 0 saturated carbocycles. The molecule has 1 aromatic rings. The first-order chi connectivity index (χ1) is 12.0. The van der Waals surface area contributed by atoms with Gasteiger partial charge in [0.05, 0.1) is 18.2 Å². The van der Waals surface area contributed by atoms with Crippen LogP contribution < -0.4 is 9.64 Å². The van der Waals surface area contributed by atoms with Crippen LogP contribution in [0.25, 0.3) is 0 Å². The average molecular weight is 346 g/mol. The number of likely N-dealkylation sites (N-methyl/N-ethyl adjacent to an activating group) is 1. The van der Waals surface area contributed by atoms with E-state index >= 15 is 0 Å². The monoisotopic (exact) mass is 346 g/mol. The SMILES string of the molecule is CCN1C(=O)COc2ccc(C(=O)CN3CCCC(C(=O)O)C3)cc21. The maximum atomic E-state index is 12.6. The number of likely N-dealkylation sites (tertiary alicyclic amines) is 1. The summed E-state index contributed by atoms with van der Waals surface area (Å²) in [5.41, 5.74) is 1.12. The van der Waals surface area contributed by atoms with Crippen LogP contribution in [0.4, 0.5) is 5.69 Å². The van der Waals surface area contributed by atoms with Crippen molar-refractivity contribution in [2.75, 3.05) is 37.7 Å². The van der Waals surface area contributed by atoms with E-state index in [4.69, 9.17) is 9.84 Å². The lowest BCUT2D eigenvalue weighted by Crippen LogP contribution is -2.41. The Labute approximate surface area is 146 Å². The largest absolute Gasteiger partial charge is 0.482 e. The third kappa shape index (κ3) is 3.66. The smallest absolute Gasteiger partial charge is 0.307 e. The van der Waals surface area contributed by atoms with E-state index in [1.807, 2.05) is 11.8 Å². The highest BCUT2D eigenvalue weighted by molar-refractivity contribution is 6.02. The van der Waals surface area contributed by atoms with Crippen molar-refractivity contribution in [2.45, 2.75) is 19.8 Å². The van der Waals surface area contributed by atoms with E-state index in [1.54, 1.807) is 23.1 Å². The number of carbonyl (C=O) groups is 3. The number of carboxylic acids is 1. The number of nitrogens with zero attached hydrogens (tertiary/aromatic N) is 2. The Balaban J connectivity index is 1.74. The summed E-state index contributed by atoms with van der Waals surface area (Å²) in [6, 6.07) is 5.11. The molecule has 7 nitrogen and oxygen atoms in total. The van der Waals surface area contributed by atoms with Gasteiger partial charge >= 0.3 is 5.97 Å². The molecule has 1 amide bonds. The first-order valence-corrected chi connectivity index (χ1v) is 8.55. The lowest BCUT2D eigenvalue weighted by atomic mass is 9.97. The number of carbonyl (C=O) groups excluding carboxylic acids is 2. The van der Waals surface area contributed by atoms with E-state index in [0.717, 1.165) is 13.0 Å². The third-order valence-electron chi connectivity index (χ3n) is 4.76. The van der Waals surface area contributed by atoms with Crippen LogP contribution in [-0.2, 0) is 9.59 Å². The normalized spacial score (nSPS) is 20.8. The second kappa shape index (κ2) is 7.23. The minimum absolute atomic E-state index is 0.0124. The highest BCUT2D eigenvalue weighted by atomic mass is 16.5. The summed E-state index contributed by atoms with van der Waals surface area (Å²) in [6.07, 6.45) is 1.43. The highest BCUT2D eigenvalue weighted by Crippen LogP contribution is 2.33. The zero-order valence-electron chi connectivity index (χ0n) is 14.2. The number of amides is 1. The van der Waals surface area contributed by atoms with Gasteiger partial charge in [0, 0.05) is 18.7 Å². The number of piperidine rings is 1. The maximum Gasteiger partial charge on any atom is 0.307 e. The van der Waals surface area contributed by atoms with E-state index in [1.165, 1.54) is 0 Å². The first kappa shape index (κ1) is 17.4. The van der Waals surface area contributed by atoms with Crippen LogP contribution in [0.3, 0.4) is 0 Å². The summed E-state index contributed by atoms with van der Waals surface area (Å²) in [6.45, 7) is 3.71. The summed E-state index contributed by atoms with van der Waals surface area (Å²) in [7, 11) is 0. The van der Waals surface area contributed by atoms with E-state index < -0.39 is 11.9 Å². The molecule has 2 heterocycles. The van der Waals surface area contributed by atoms with Crippen LogP contribution >= 0.6 is 0 Å². The fourth-order valence-corrected chi connectivity index (χ4v) is 3.42.